The second kappa shape index (κ2) is 4.95. The second-order valence-electron chi connectivity index (χ2n) is 3.24. The van der Waals surface area contributed by atoms with Gasteiger partial charge in [-0.25, -0.2) is 0 Å². The van der Waals surface area contributed by atoms with E-state index in [1.165, 1.54) is 6.42 Å². The lowest BCUT2D eigenvalue weighted by atomic mass is 10.1. The molecule has 0 aromatic heterocycles. The molecule has 1 aliphatic rings. The van der Waals surface area contributed by atoms with Crippen molar-refractivity contribution in [1.82, 2.24) is 5.32 Å². The van der Waals surface area contributed by atoms with Gasteiger partial charge in [0, 0.05) is 25.3 Å². The summed E-state index contributed by atoms with van der Waals surface area (Å²) in [5.74, 6) is 2.78. The SMILES string of the molecule is C#CCCC(=O)CC1CCCN1. The largest absolute Gasteiger partial charge is 0.314 e. The van der Waals surface area contributed by atoms with Crippen molar-refractivity contribution in [2.24, 2.45) is 0 Å². The molecule has 1 aliphatic heterocycles. The highest BCUT2D eigenvalue weighted by molar-refractivity contribution is 5.79. The number of ketones is 1. The molecule has 1 N–H and O–H groups in total. The zero-order valence-electron chi connectivity index (χ0n) is 7.31. The third kappa shape index (κ3) is 3.06. The van der Waals surface area contributed by atoms with Crippen LogP contribution in [0.4, 0.5) is 0 Å². The monoisotopic (exact) mass is 165 g/mol. The maximum Gasteiger partial charge on any atom is 0.135 e. The quantitative estimate of drug-likeness (QED) is 0.632. The Morgan fingerprint density at radius 3 is 3.08 bits per heavy atom. The number of hydrogen-bond donors (Lipinski definition) is 1. The van der Waals surface area contributed by atoms with Gasteiger partial charge in [0.15, 0.2) is 0 Å². The average Bonchev–Trinajstić information content (AvgIpc) is 2.53. The van der Waals surface area contributed by atoms with E-state index in [-0.39, 0.29) is 0 Å². The Kier molecular flexibility index (Phi) is 3.83. The summed E-state index contributed by atoms with van der Waals surface area (Å²) in [4.78, 5) is 11.2. The van der Waals surface area contributed by atoms with Crippen molar-refractivity contribution in [2.45, 2.75) is 38.1 Å². The summed E-state index contributed by atoms with van der Waals surface area (Å²) < 4.78 is 0. The number of carbonyl (C=O) groups excluding carboxylic acids is 1. The van der Waals surface area contributed by atoms with Crippen LogP contribution < -0.4 is 5.32 Å². The molecule has 12 heavy (non-hydrogen) atoms. The molecule has 0 aromatic carbocycles. The summed E-state index contributed by atoms with van der Waals surface area (Å²) in [5, 5.41) is 3.29. The summed E-state index contributed by atoms with van der Waals surface area (Å²) in [7, 11) is 0. The van der Waals surface area contributed by atoms with Crippen LogP contribution in [-0.2, 0) is 4.79 Å². The van der Waals surface area contributed by atoms with E-state index in [9.17, 15) is 4.79 Å². The minimum absolute atomic E-state index is 0.298. The van der Waals surface area contributed by atoms with E-state index in [4.69, 9.17) is 6.42 Å². The lowest BCUT2D eigenvalue weighted by Gasteiger charge is -2.07. The van der Waals surface area contributed by atoms with E-state index < -0.39 is 0 Å². The van der Waals surface area contributed by atoms with E-state index in [1.807, 2.05) is 0 Å². The van der Waals surface area contributed by atoms with Gasteiger partial charge in [-0.3, -0.25) is 4.79 Å². The fourth-order valence-electron chi connectivity index (χ4n) is 1.52. The van der Waals surface area contributed by atoms with E-state index in [2.05, 4.69) is 11.2 Å². The van der Waals surface area contributed by atoms with Crippen molar-refractivity contribution >= 4 is 5.78 Å². The Morgan fingerprint density at radius 1 is 1.67 bits per heavy atom. The molecule has 1 unspecified atom stereocenters. The molecular weight excluding hydrogens is 150 g/mol. The molecule has 1 fully saturated rings. The minimum atomic E-state index is 0.298. The molecule has 0 radical (unpaired) electrons. The Morgan fingerprint density at radius 2 is 2.50 bits per heavy atom. The molecule has 0 amide bonds. The maximum atomic E-state index is 11.2. The molecule has 66 valence electrons. The highest BCUT2D eigenvalue weighted by Crippen LogP contribution is 2.10. The third-order valence-electron chi connectivity index (χ3n) is 2.18. The predicted octanol–water partition coefficient (Wildman–Crippen LogP) is 1.11. The lowest BCUT2D eigenvalue weighted by Crippen LogP contribution is -2.24. The van der Waals surface area contributed by atoms with E-state index in [1.54, 1.807) is 0 Å². The number of carbonyl (C=O) groups is 1. The van der Waals surface area contributed by atoms with Crippen molar-refractivity contribution in [3.05, 3.63) is 0 Å². The van der Waals surface area contributed by atoms with Gasteiger partial charge in [-0.05, 0) is 19.4 Å². The molecule has 0 bridgehead atoms. The number of terminal acetylenes is 1. The Labute approximate surface area is 73.7 Å². The number of rotatable bonds is 4. The van der Waals surface area contributed by atoms with Gasteiger partial charge >= 0.3 is 0 Å². The van der Waals surface area contributed by atoms with Crippen LogP contribution in [0.15, 0.2) is 0 Å². The summed E-state index contributed by atoms with van der Waals surface area (Å²) in [5.41, 5.74) is 0. The van der Waals surface area contributed by atoms with Crippen LogP contribution in [0.1, 0.15) is 32.1 Å². The molecule has 0 aliphatic carbocycles. The standard InChI is InChI=1S/C10H15NO/c1-2-3-6-10(12)8-9-5-4-7-11-9/h1,9,11H,3-8H2. The first kappa shape index (κ1) is 9.28. The smallest absolute Gasteiger partial charge is 0.135 e. The molecule has 0 saturated carbocycles. The summed E-state index contributed by atoms with van der Waals surface area (Å²) in [6.45, 7) is 1.06. The summed E-state index contributed by atoms with van der Waals surface area (Å²) in [6, 6.07) is 0.426. The Balaban J connectivity index is 2.13. The molecule has 1 heterocycles. The second-order valence-corrected chi connectivity index (χ2v) is 3.24. The van der Waals surface area contributed by atoms with Crippen LogP contribution in [0.2, 0.25) is 0 Å². The van der Waals surface area contributed by atoms with Gasteiger partial charge in [-0.15, -0.1) is 12.3 Å². The first-order chi connectivity index (χ1) is 5.83. The number of nitrogens with one attached hydrogen (secondary N) is 1. The first-order valence-corrected chi connectivity index (χ1v) is 4.51. The molecule has 0 spiro atoms. The zero-order chi connectivity index (χ0) is 8.81. The fraction of sp³-hybridized carbons (Fsp3) is 0.700. The van der Waals surface area contributed by atoms with E-state index >= 15 is 0 Å². The minimum Gasteiger partial charge on any atom is -0.314 e. The van der Waals surface area contributed by atoms with Gasteiger partial charge in [0.25, 0.3) is 0 Å². The third-order valence-corrected chi connectivity index (χ3v) is 2.18. The summed E-state index contributed by atoms with van der Waals surface area (Å²) in [6.07, 6.45) is 9.22. The van der Waals surface area contributed by atoms with Gasteiger partial charge in [-0.2, -0.15) is 0 Å². The van der Waals surface area contributed by atoms with Crippen molar-refractivity contribution in [3.8, 4) is 12.3 Å². The van der Waals surface area contributed by atoms with Crippen molar-refractivity contribution < 1.29 is 4.79 Å². The maximum absolute atomic E-state index is 11.2. The van der Waals surface area contributed by atoms with Crippen LogP contribution in [0.25, 0.3) is 0 Å². The van der Waals surface area contributed by atoms with Crippen LogP contribution in [0, 0.1) is 12.3 Å². The molecule has 1 atom stereocenters. The van der Waals surface area contributed by atoms with Crippen LogP contribution in [0.3, 0.4) is 0 Å². The topological polar surface area (TPSA) is 29.1 Å². The number of Topliss-reactive ketones (excluding diaryl/α,β-unsaturated/α-hetero) is 1. The van der Waals surface area contributed by atoms with Gasteiger partial charge in [-0.1, -0.05) is 0 Å². The van der Waals surface area contributed by atoms with Crippen LogP contribution in [-0.4, -0.2) is 18.4 Å². The summed E-state index contributed by atoms with van der Waals surface area (Å²) >= 11 is 0. The van der Waals surface area contributed by atoms with E-state index in [0.29, 0.717) is 31.1 Å². The highest BCUT2D eigenvalue weighted by Gasteiger charge is 2.16. The lowest BCUT2D eigenvalue weighted by molar-refractivity contribution is -0.119. The van der Waals surface area contributed by atoms with Crippen LogP contribution in [0.5, 0.6) is 0 Å². The molecule has 1 saturated heterocycles. The van der Waals surface area contributed by atoms with Gasteiger partial charge < -0.3 is 5.32 Å². The highest BCUT2D eigenvalue weighted by atomic mass is 16.1. The number of hydrogen-bond acceptors (Lipinski definition) is 2. The van der Waals surface area contributed by atoms with Crippen molar-refractivity contribution in [3.63, 3.8) is 0 Å². The molecule has 1 rings (SSSR count). The van der Waals surface area contributed by atoms with Gasteiger partial charge in [0.05, 0.1) is 0 Å². The van der Waals surface area contributed by atoms with Crippen molar-refractivity contribution in [1.29, 1.82) is 0 Å². The molecular formula is C10H15NO. The average molecular weight is 165 g/mol. The van der Waals surface area contributed by atoms with Crippen LogP contribution >= 0.6 is 0 Å². The zero-order valence-corrected chi connectivity index (χ0v) is 7.31. The molecule has 0 aromatic rings. The van der Waals surface area contributed by atoms with Gasteiger partial charge in [0.1, 0.15) is 5.78 Å². The molecule has 2 nitrogen and oxygen atoms in total. The van der Waals surface area contributed by atoms with Crippen molar-refractivity contribution in [2.75, 3.05) is 6.54 Å². The Hall–Kier alpha value is -0.810. The predicted molar refractivity (Wildman–Crippen MR) is 48.7 cm³/mol. The fourth-order valence-corrected chi connectivity index (χ4v) is 1.52. The first-order valence-electron chi connectivity index (χ1n) is 4.51. The van der Waals surface area contributed by atoms with E-state index in [0.717, 1.165) is 13.0 Å². The van der Waals surface area contributed by atoms with Gasteiger partial charge in [0.2, 0.25) is 0 Å². The Bertz CT molecular complexity index is 187. The molecule has 2 heteroatoms. The normalized spacial score (nSPS) is 22.1.